The summed E-state index contributed by atoms with van der Waals surface area (Å²) in [5, 5.41) is 12.9. The zero-order chi connectivity index (χ0) is 17.5. The molecule has 0 aliphatic carbocycles. The highest BCUT2D eigenvalue weighted by Crippen LogP contribution is 2.13. The second-order valence-electron chi connectivity index (χ2n) is 5.36. The van der Waals surface area contributed by atoms with Crippen molar-refractivity contribution in [2.24, 2.45) is 0 Å². The van der Waals surface area contributed by atoms with Gasteiger partial charge in [0.15, 0.2) is 5.78 Å². The second kappa shape index (κ2) is 8.97. The predicted octanol–water partition coefficient (Wildman–Crippen LogP) is 3.96. The number of ketones is 1. The molecule has 0 aliphatic heterocycles. The third-order valence-electron chi connectivity index (χ3n) is 3.57. The molecule has 0 aromatic heterocycles. The zero-order valence-corrected chi connectivity index (χ0v) is 15.2. The van der Waals surface area contributed by atoms with Crippen molar-refractivity contribution in [1.29, 1.82) is 0 Å². The van der Waals surface area contributed by atoms with E-state index in [2.05, 4.69) is 21.2 Å². The Hall–Kier alpha value is -1.69. The van der Waals surface area contributed by atoms with Crippen LogP contribution in [-0.4, -0.2) is 29.4 Å². The Morgan fingerprint density at radius 1 is 1.08 bits per heavy atom. The average molecular weight is 411 g/mol. The number of carbonyl (C=O) groups excluding carboxylic acids is 1. The topological polar surface area (TPSA) is 66.4 Å². The van der Waals surface area contributed by atoms with Crippen LogP contribution >= 0.6 is 27.5 Å². The fraction of sp³-hybridized carbons (Fsp3) is 0.222. The lowest BCUT2D eigenvalue weighted by atomic mass is 10.0. The molecule has 0 fully saturated rings. The first-order chi connectivity index (χ1) is 11.5. The van der Waals surface area contributed by atoms with Gasteiger partial charge >= 0.3 is 5.97 Å². The molecule has 126 valence electrons. The van der Waals surface area contributed by atoms with Crippen LogP contribution in [0.4, 0.5) is 0 Å². The molecule has 2 aromatic carbocycles. The lowest BCUT2D eigenvalue weighted by Gasteiger charge is -2.14. The molecule has 0 aliphatic rings. The molecule has 0 saturated heterocycles. The van der Waals surface area contributed by atoms with Gasteiger partial charge in [-0.3, -0.25) is 9.59 Å². The van der Waals surface area contributed by atoms with Crippen molar-refractivity contribution < 1.29 is 14.7 Å². The monoisotopic (exact) mass is 409 g/mol. The molecule has 1 unspecified atom stereocenters. The lowest BCUT2D eigenvalue weighted by Crippen LogP contribution is -2.39. The van der Waals surface area contributed by atoms with Gasteiger partial charge in [0.2, 0.25) is 0 Å². The Balaban J connectivity index is 1.89. The molecule has 24 heavy (non-hydrogen) atoms. The number of nitrogens with one attached hydrogen (secondary N) is 1. The van der Waals surface area contributed by atoms with Crippen molar-refractivity contribution >= 4 is 39.3 Å². The van der Waals surface area contributed by atoms with Gasteiger partial charge in [-0.15, -0.1) is 0 Å². The lowest BCUT2D eigenvalue weighted by molar-refractivity contribution is -0.139. The molecule has 1 atom stereocenters. The molecule has 0 bridgehead atoms. The fourth-order valence-corrected chi connectivity index (χ4v) is 2.62. The third-order valence-corrected chi connectivity index (χ3v) is 4.35. The molecule has 6 heteroatoms. The minimum atomic E-state index is -1.03. The van der Waals surface area contributed by atoms with E-state index in [1.807, 2.05) is 12.1 Å². The van der Waals surface area contributed by atoms with Crippen LogP contribution in [0, 0.1) is 0 Å². The number of carboxylic acid groups (broad SMARTS) is 1. The van der Waals surface area contributed by atoms with Crippen LogP contribution in [0.3, 0.4) is 0 Å². The van der Waals surface area contributed by atoms with Crippen molar-refractivity contribution in [3.05, 3.63) is 69.2 Å². The number of rotatable bonds is 8. The highest BCUT2D eigenvalue weighted by Gasteiger charge is 2.21. The standard InChI is InChI=1S/C18H17BrClNO3/c19-14-5-3-13(4-6-14)17(22)11-16(18(23)24)21-10-9-12-1-7-15(20)8-2-12/h1-8,16,21H,9-11H2,(H,23,24). The van der Waals surface area contributed by atoms with E-state index in [0.29, 0.717) is 23.6 Å². The molecular formula is C18H17BrClNO3. The van der Waals surface area contributed by atoms with Crippen LogP contribution < -0.4 is 5.32 Å². The van der Waals surface area contributed by atoms with Crippen LogP contribution in [0.1, 0.15) is 22.3 Å². The summed E-state index contributed by atoms with van der Waals surface area (Å²) >= 11 is 9.13. The summed E-state index contributed by atoms with van der Waals surface area (Å²) in [4.78, 5) is 23.6. The minimum Gasteiger partial charge on any atom is -0.480 e. The first kappa shape index (κ1) is 18.6. The Kier molecular flexibility index (Phi) is 6.97. The normalized spacial score (nSPS) is 11.9. The second-order valence-corrected chi connectivity index (χ2v) is 6.71. The Labute approximate surface area is 154 Å². The van der Waals surface area contributed by atoms with Crippen LogP contribution in [0.15, 0.2) is 53.0 Å². The summed E-state index contributed by atoms with van der Waals surface area (Å²) in [6.07, 6.45) is 0.574. The van der Waals surface area contributed by atoms with Crippen molar-refractivity contribution in [2.45, 2.75) is 18.9 Å². The van der Waals surface area contributed by atoms with E-state index >= 15 is 0 Å². The van der Waals surface area contributed by atoms with Crippen LogP contribution in [0.25, 0.3) is 0 Å². The van der Waals surface area contributed by atoms with Gasteiger partial charge in [-0.25, -0.2) is 0 Å². The number of hydrogen-bond donors (Lipinski definition) is 2. The summed E-state index contributed by atoms with van der Waals surface area (Å²) in [6.45, 7) is 0.465. The van der Waals surface area contributed by atoms with Gasteiger partial charge in [0.05, 0.1) is 0 Å². The van der Waals surface area contributed by atoms with Gasteiger partial charge in [-0.2, -0.15) is 0 Å². The third kappa shape index (κ3) is 5.74. The maximum Gasteiger partial charge on any atom is 0.321 e. The molecule has 0 spiro atoms. The molecular weight excluding hydrogens is 394 g/mol. The van der Waals surface area contributed by atoms with Crippen molar-refractivity contribution in [3.63, 3.8) is 0 Å². The first-order valence-corrected chi connectivity index (χ1v) is 8.62. The van der Waals surface area contributed by atoms with Crippen LogP contribution in [0.5, 0.6) is 0 Å². The highest BCUT2D eigenvalue weighted by atomic mass is 79.9. The fourth-order valence-electron chi connectivity index (χ4n) is 2.23. The molecule has 4 nitrogen and oxygen atoms in total. The summed E-state index contributed by atoms with van der Waals surface area (Å²) < 4.78 is 0.870. The Morgan fingerprint density at radius 2 is 1.71 bits per heavy atom. The average Bonchev–Trinajstić information content (AvgIpc) is 2.56. The number of halogens is 2. The maximum absolute atomic E-state index is 12.2. The van der Waals surface area contributed by atoms with E-state index < -0.39 is 12.0 Å². The van der Waals surface area contributed by atoms with E-state index in [0.717, 1.165) is 10.0 Å². The summed E-state index contributed by atoms with van der Waals surface area (Å²) in [5.41, 5.74) is 1.55. The number of carboxylic acids is 1. The molecule has 0 amide bonds. The highest BCUT2D eigenvalue weighted by molar-refractivity contribution is 9.10. The van der Waals surface area contributed by atoms with Crippen LogP contribution in [0.2, 0.25) is 5.02 Å². The molecule has 2 rings (SSSR count). The predicted molar refractivity (Wildman–Crippen MR) is 97.7 cm³/mol. The quantitative estimate of drug-likeness (QED) is 0.647. The van der Waals surface area contributed by atoms with E-state index in [-0.39, 0.29) is 12.2 Å². The zero-order valence-electron chi connectivity index (χ0n) is 12.8. The number of carbonyl (C=O) groups is 2. The van der Waals surface area contributed by atoms with E-state index in [1.165, 1.54) is 0 Å². The Morgan fingerprint density at radius 3 is 2.29 bits per heavy atom. The minimum absolute atomic E-state index is 0.0857. The molecule has 2 N–H and O–H groups in total. The van der Waals surface area contributed by atoms with E-state index in [4.69, 9.17) is 11.6 Å². The van der Waals surface area contributed by atoms with Crippen molar-refractivity contribution in [1.82, 2.24) is 5.32 Å². The molecule has 0 heterocycles. The van der Waals surface area contributed by atoms with Gasteiger partial charge in [0.25, 0.3) is 0 Å². The first-order valence-electron chi connectivity index (χ1n) is 7.45. The molecule has 0 saturated carbocycles. The van der Waals surface area contributed by atoms with Gasteiger partial charge in [-0.05, 0) is 42.8 Å². The number of Topliss-reactive ketones (excluding diaryl/α,β-unsaturated/α-hetero) is 1. The largest absolute Gasteiger partial charge is 0.480 e. The summed E-state index contributed by atoms with van der Waals surface area (Å²) in [7, 11) is 0. The van der Waals surface area contributed by atoms with Crippen LogP contribution in [-0.2, 0) is 11.2 Å². The van der Waals surface area contributed by atoms with E-state index in [9.17, 15) is 14.7 Å². The van der Waals surface area contributed by atoms with Gasteiger partial charge < -0.3 is 10.4 Å². The van der Waals surface area contributed by atoms with Crippen molar-refractivity contribution in [3.8, 4) is 0 Å². The Bertz CT molecular complexity index is 701. The van der Waals surface area contributed by atoms with Gasteiger partial charge in [0, 0.05) is 21.5 Å². The van der Waals surface area contributed by atoms with Crippen molar-refractivity contribution in [2.75, 3.05) is 6.54 Å². The summed E-state index contributed by atoms with van der Waals surface area (Å²) in [6, 6.07) is 13.4. The smallest absolute Gasteiger partial charge is 0.321 e. The molecule has 0 radical (unpaired) electrons. The van der Waals surface area contributed by atoms with E-state index in [1.54, 1.807) is 36.4 Å². The summed E-state index contributed by atoms with van der Waals surface area (Å²) in [5.74, 6) is -1.23. The van der Waals surface area contributed by atoms with Gasteiger partial charge in [0.1, 0.15) is 6.04 Å². The maximum atomic E-state index is 12.2. The van der Waals surface area contributed by atoms with Gasteiger partial charge in [-0.1, -0.05) is 51.8 Å². The SMILES string of the molecule is O=C(CC(NCCc1ccc(Cl)cc1)C(=O)O)c1ccc(Br)cc1. The number of hydrogen-bond acceptors (Lipinski definition) is 3. The molecule has 2 aromatic rings. The number of aliphatic carboxylic acids is 1. The number of benzene rings is 2.